The fraction of sp³-hybridized carbons (Fsp3) is 0.651. The van der Waals surface area contributed by atoms with E-state index in [4.69, 9.17) is 9.47 Å². The van der Waals surface area contributed by atoms with E-state index in [2.05, 4.69) is 177 Å². The van der Waals surface area contributed by atoms with E-state index in [1.54, 1.807) is 6.08 Å². The number of nitrogens with one attached hydrogen (secondary N) is 1. The summed E-state index contributed by atoms with van der Waals surface area (Å²) < 4.78 is 11.3. The molecule has 1 aliphatic heterocycles. The Hall–Kier alpha value is -4.45. The van der Waals surface area contributed by atoms with Gasteiger partial charge in [-0.2, -0.15) is 0 Å². The minimum atomic E-state index is -1.59. The van der Waals surface area contributed by atoms with Gasteiger partial charge in [-0.1, -0.05) is 325 Å². The van der Waals surface area contributed by atoms with Crippen LogP contribution < -0.4 is 5.32 Å². The third-order valence-corrected chi connectivity index (χ3v) is 16.5. The van der Waals surface area contributed by atoms with Crippen LogP contribution in [0.25, 0.3) is 0 Å². The molecule has 0 saturated carbocycles. The molecule has 1 heterocycles. The van der Waals surface area contributed by atoms with E-state index in [-0.39, 0.29) is 18.9 Å². The summed E-state index contributed by atoms with van der Waals surface area (Å²) in [4.78, 5) is 13.1. The molecule has 0 radical (unpaired) electrons. The summed E-state index contributed by atoms with van der Waals surface area (Å²) >= 11 is 0. The Labute approximate surface area is 564 Å². The Bertz CT molecular complexity index is 2070. The van der Waals surface area contributed by atoms with Gasteiger partial charge in [0.1, 0.15) is 24.4 Å². The van der Waals surface area contributed by atoms with Crippen molar-refractivity contribution in [3.05, 3.63) is 170 Å². The molecule has 1 rings (SSSR count). The topological polar surface area (TPSA) is 149 Å². The minimum Gasteiger partial charge on any atom is -0.394 e. The monoisotopic (exact) mass is 1280 g/mol. The van der Waals surface area contributed by atoms with Crippen LogP contribution in [0.2, 0.25) is 0 Å². The van der Waals surface area contributed by atoms with E-state index in [9.17, 15) is 30.3 Å². The molecule has 522 valence electrons. The first-order chi connectivity index (χ1) is 45.3. The Kier molecular flexibility index (Phi) is 64.5. The Morgan fingerprint density at radius 1 is 0.380 bits per heavy atom. The molecule has 9 nitrogen and oxygen atoms in total. The summed E-state index contributed by atoms with van der Waals surface area (Å²) in [5, 5.41) is 54.8. The first-order valence-electron chi connectivity index (χ1n) is 37.4. The van der Waals surface area contributed by atoms with Gasteiger partial charge in [-0.3, -0.25) is 4.79 Å². The Morgan fingerprint density at radius 3 is 1.04 bits per heavy atom. The number of carbonyl (C=O) groups excluding carboxylic acids is 1. The second-order valence-electron chi connectivity index (χ2n) is 25.0. The number of allylic oxidation sites excluding steroid dienone is 27. The number of unbranched alkanes of at least 4 members (excludes halogenated alkanes) is 27. The Balaban J connectivity index is 2.22. The van der Waals surface area contributed by atoms with Gasteiger partial charge in [-0.25, -0.2) is 0 Å². The molecule has 0 bridgehead atoms. The zero-order chi connectivity index (χ0) is 66.4. The average molecular weight is 1280 g/mol. The second-order valence-corrected chi connectivity index (χ2v) is 25.0. The van der Waals surface area contributed by atoms with Crippen molar-refractivity contribution in [2.24, 2.45) is 0 Å². The highest BCUT2D eigenvalue weighted by Gasteiger charge is 2.44. The van der Waals surface area contributed by atoms with Gasteiger partial charge in [-0.15, -0.1) is 0 Å². The van der Waals surface area contributed by atoms with Crippen LogP contribution in [0.4, 0.5) is 0 Å². The SMILES string of the molecule is CC/C=C\C/C=C\C/C=C\C/C=C\C/C=C\C/C=C\C/C=C\C/C=C\C/C=C\C/C=C\C/C=C\CCCCCC(=O)NC(COC1OC(CO)C(O)C(O)C1O)C(O)/C=C/CC/C=C/CC/C=C/CCCCCCCCCCCCCCCCCCCCCCCC. The molecule has 0 aromatic carbocycles. The van der Waals surface area contributed by atoms with Gasteiger partial charge in [0.15, 0.2) is 6.29 Å². The third-order valence-electron chi connectivity index (χ3n) is 16.5. The maximum Gasteiger partial charge on any atom is 0.220 e. The maximum atomic E-state index is 13.1. The van der Waals surface area contributed by atoms with Crippen molar-refractivity contribution in [1.29, 1.82) is 0 Å². The van der Waals surface area contributed by atoms with Crippen LogP contribution in [0.1, 0.15) is 290 Å². The molecule has 0 aromatic rings. The van der Waals surface area contributed by atoms with E-state index < -0.39 is 49.5 Å². The van der Waals surface area contributed by atoms with Crippen molar-refractivity contribution in [1.82, 2.24) is 5.32 Å². The zero-order valence-electron chi connectivity index (χ0n) is 58.5. The summed E-state index contributed by atoms with van der Waals surface area (Å²) in [5.74, 6) is -0.228. The molecule has 6 N–H and O–H groups in total. The molecular weight excluding hydrogens is 1140 g/mol. The Morgan fingerprint density at radius 2 is 0.685 bits per heavy atom. The highest BCUT2D eigenvalue weighted by atomic mass is 16.7. The number of aliphatic hydroxyl groups is 5. The summed E-state index contributed by atoms with van der Waals surface area (Å²) in [6.07, 6.45) is 103. The number of hydrogen-bond donors (Lipinski definition) is 6. The molecule has 92 heavy (non-hydrogen) atoms. The van der Waals surface area contributed by atoms with Crippen LogP contribution in [0, 0.1) is 0 Å². The highest BCUT2D eigenvalue weighted by Crippen LogP contribution is 2.23. The summed E-state index contributed by atoms with van der Waals surface area (Å²) in [5.41, 5.74) is 0. The van der Waals surface area contributed by atoms with Crippen molar-refractivity contribution >= 4 is 5.91 Å². The smallest absolute Gasteiger partial charge is 0.220 e. The predicted molar refractivity (Wildman–Crippen MR) is 395 cm³/mol. The maximum absolute atomic E-state index is 13.1. The van der Waals surface area contributed by atoms with E-state index in [0.29, 0.717) is 12.8 Å². The summed E-state index contributed by atoms with van der Waals surface area (Å²) in [7, 11) is 0. The lowest BCUT2D eigenvalue weighted by molar-refractivity contribution is -0.302. The number of carbonyl (C=O) groups is 1. The van der Waals surface area contributed by atoms with E-state index in [1.807, 2.05) is 6.08 Å². The molecule has 1 fully saturated rings. The van der Waals surface area contributed by atoms with Crippen molar-refractivity contribution < 1.29 is 39.8 Å². The van der Waals surface area contributed by atoms with Crippen LogP contribution >= 0.6 is 0 Å². The molecule has 1 aliphatic rings. The lowest BCUT2D eigenvalue weighted by Crippen LogP contribution is -2.60. The number of amides is 1. The molecule has 0 spiro atoms. The van der Waals surface area contributed by atoms with Gasteiger partial charge >= 0.3 is 0 Å². The molecular formula is C83H137NO8. The van der Waals surface area contributed by atoms with Crippen LogP contribution in [-0.4, -0.2) is 87.5 Å². The first kappa shape index (κ1) is 85.6. The molecule has 1 amide bonds. The fourth-order valence-electron chi connectivity index (χ4n) is 10.7. The number of aliphatic hydroxyl groups excluding tert-OH is 5. The van der Waals surface area contributed by atoms with Crippen molar-refractivity contribution in [2.45, 2.75) is 333 Å². The van der Waals surface area contributed by atoms with Crippen LogP contribution in [0.3, 0.4) is 0 Å². The van der Waals surface area contributed by atoms with E-state index in [1.165, 1.54) is 141 Å². The number of ether oxygens (including phenoxy) is 2. The van der Waals surface area contributed by atoms with Gasteiger partial charge in [-0.05, 0) is 128 Å². The lowest BCUT2D eigenvalue weighted by Gasteiger charge is -2.40. The van der Waals surface area contributed by atoms with Crippen molar-refractivity contribution in [2.75, 3.05) is 13.2 Å². The molecule has 0 aliphatic carbocycles. The highest BCUT2D eigenvalue weighted by molar-refractivity contribution is 5.76. The normalized spacial score (nSPS) is 18.7. The van der Waals surface area contributed by atoms with Gasteiger partial charge in [0.25, 0.3) is 0 Å². The largest absolute Gasteiger partial charge is 0.394 e. The van der Waals surface area contributed by atoms with Gasteiger partial charge in [0.2, 0.25) is 5.91 Å². The van der Waals surface area contributed by atoms with Gasteiger partial charge in [0.05, 0.1) is 25.4 Å². The van der Waals surface area contributed by atoms with Gasteiger partial charge in [0, 0.05) is 6.42 Å². The van der Waals surface area contributed by atoms with Crippen LogP contribution in [0.15, 0.2) is 170 Å². The van der Waals surface area contributed by atoms with Crippen molar-refractivity contribution in [3.8, 4) is 0 Å². The van der Waals surface area contributed by atoms with E-state index >= 15 is 0 Å². The van der Waals surface area contributed by atoms with Crippen molar-refractivity contribution in [3.63, 3.8) is 0 Å². The quantitative estimate of drug-likeness (QED) is 0.0261. The second kappa shape index (κ2) is 69.4. The predicted octanol–water partition coefficient (Wildman–Crippen LogP) is 21.2. The molecule has 7 unspecified atom stereocenters. The molecule has 7 atom stereocenters. The van der Waals surface area contributed by atoms with Crippen LogP contribution in [-0.2, 0) is 14.3 Å². The fourth-order valence-corrected chi connectivity index (χ4v) is 10.7. The van der Waals surface area contributed by atoms with E-state index in [0.717, 1.165) is 116 Å². The minimum absolute atomic E-state index is 0.228. The summed E-state index contributed by atoms with van der Waals surface area (Å²) in [6.45, 7) is 3.64. The first-order valence-corrected chi connectivity index (χ1v) is 37.4. The summed E-state index contributed by atoms with van der Waals surface area (Å²) in [6, 6.07) is -0.862. The number of rotatable bonds is 63. The average Bonchev–Trinajstić information content (AvgIpc) is 1.00. The third kappa shape index (κ3) is 57.0. The molecule has 1 saturated heterocycles. The standard InChI is InChI=1S/C83H137NO8/c1-3-5-7-9-11-13-15-17-19-21-23-25-27-29-31-33-35-37-38-39-40-41-43-45-47-49-51-53-55-57-59-61-63-65-67-69-71-73-79(87)84-76(75-91-83-82(90)81(89)80(88)78(74-85)92-83)77(86)72-70-68-66-64-62-60-58-56-54-52-50-48-46-44-42-36-34-32-30-28-26-24-22-20-18-16-14-12-10-8-6-4-2/h5,7,11,13,17,19,23,25,29,31,35,37,39-40,43,45,49,51,54-57,61-64,70,72,76-78,80-83,85-86,88-90H,3-4,6,8-10,12,14-16,18,20-22,24,26-28,30,32-34,36,38,41-42,44,46-48,50,52-53,58-60,65-69,71,73-75H2,1-2H3,(H,84,87)/b7-5-,13-11-,19-17-,25-23-,31-29-,37-35-,40-39-,45-43-,51-49-,56-54+,57-55-,63-61-,64-62+,72-70+. The molecule has 9 heteroatoms. The number of hydrogen-bond acceptors (Lipinski definition) is 8. The van der Waals surface area contributed by atoms with Gasteiger partial charge < -0.3 is 40.3 Å². The lowest BCUT2D eigenvalue weighted by atomic mass is 9.99. The zero-order valence-corrected chi connectivity index (χ0v) is 58.5. The van der Waals surface area contributed by atoms with Crippen LogP contribution in [0.5, 0.6) is 0 Å². The molecule has 0 aromatic heterocycles.